The summed E-state index contributed by atoms with van der Waals surface area (Å²) in [6.07, 6.45) is 1.36. The molecule has 5 heteroatoms. The van der Waals surface area contributed by atoms with E-state index in [0.717, 1.165) is 17.7 Å². The van der Waals surface area contributed by atoms with Gasteiger partial charge in [0.25, 0.3) is 0 Å². The van der Waals surface area contributed by atoms with Crippen LogP contribution < -0.4 is 11.1 Å². The Balaban J connectivity index is 3.07. The van der Waals surface area contributed by atoms with Crippen molar-refractivity contribution in [3.8, 4) is 0 Å². The standard InChI is InChI=1S/C12H21N3O2/c1-5-14-10(12(16-3)17-4)9-6-8(2)7-15-11(9)13/h6-7,10,12,14H,5H2,1-4H3,(H2,13,15). The molecule has 0 bridgehead atoms. The van der Waals surface area contributed by atoms with E-state index in [9.17, 15) is 0 Å². The lowest BCUT2D eigenvalue weighted by atomic mass is 10.1. The topological polar surface area (TPSA) is 69.4 Å². The monoisotopic (exact) mass is 239 g/mol. The zero-order chi connectivity index (χ0) is 12.8. The molecule has 0 saturated carbocycles. The average molecular weight is 239 g/mol. The predicted octanol–water partition coefficient (Wildman–Crippen LogP) is 1.24. The Hall–Kier alpha value is -1.17. The lowest BCUT2D eigenvalue weighted by Crippen LogP contribution is -2.35. The molecule has 5 nitrogen and oxygen atoms in total. The zero-order valence-corrected chi connectivity index (χ0v) is 10.9. The van der Waals surface area contributed by atoms with Gasteiger partial charge in [-0.15, -0.1) is 0 Å². The van der Waals surface area contributed by atoms with Crippen molar-refractivity contribution in [2.45, 2.75) is 26.2 Å². The number of likely N-dealkylation sites (N-methyl/N-ethyl adjacent to an activating group) is 1. The van der Waals surface area contributed by atoms with E-state index in [2.05, 4.69) is 10.3 Å². The molecular formula is C12H21N3O2. The van der Waals surface area contributed by atoms with Crippen LogP contribution in [-0.2, 0) is 9.47 Å². The van der Waals surface area contributed by atoms with Crippen LogP contribution >= 0.6 is 0 Å². The van der Waals surface area contributed by atoms with E-state index < -0.39 is 0 Å². The molecule has 0 spiro atoms. The predicted molar refractivity (Wildman–Crippen MR) is 67.6 cm³/mol. The fourth-order valence-electron chi connectivity index (χ4n) is 1.79. The van der Waals surface area contributed by atoms with E-state index >= 15 is 0 Å². The SMILES string of the molecule is CCNC(c1cc(C)cnc1N)C(OC)OC. The maximum absolute atomic E-state index is 5.91. The molecule has 0 aromatic carbocycles. The molecule has 17 heavy (non-hydrogen) atoms. The number of nitrogens with two attached hydrogens (primary N) is 1. The summed E-state index contributed by atoms with van der Waals surface area (Å²) in [7, 11) is 3.22. The minimum Gasteiger partial charge on any atom is -0.383 e. The highest BCUT2D eigenvalue weighted by molar-refractivity contribution is 5.43. The van der Waals surface area contributed by atoms with Crippen molar-refractivity contribution < 1.29 is 9.47 Å². The number of aryl methyl sites for hydroxylation is 1. The van der Waals surface area contributed by atoms with Crippen LogP contribution in [0.4, 0.5) is 5.82 Å². The number of anilines is 1. The number of rotatable bonds is 6. The van der Waals surface area contributed by atoms with Gasteiger partial charge >= 0.3 is 0 Å². The quantitative estimate of drug-likeness (QED) is 0.731. The molecule has 0 aliphatic rings. The van der Waals surface area contributed by atoms with Crippen molar-refractivity contribution in [2.24, 2.45) is 0 Å². The third-order valence-electron chi connectivity index (χ3n) is 2.58. The van der Waals surface area contributed by atoms with Gasteiger partial charge in [0.1, 0.15) is 5.82 Å². The van der Waals surface area contributed by atoms with Crippen LogP contribution in [0.5, 0.6) is 0 Å². The summed E-state index contributed by atoms with van der Waals surface area (Å²) in [5, 5.41) is 3.30. The highest BCUT2D eigenvalue weighted by atomic mass is 16.7. The van der Waals surface area contributed by atoms with Crippen molar-refractivity contribution in [1.82, 2.24) is 10.3 Å². The molecule has 1 heterocycles. The molecule has 0 radical (unpaired) electrons. The van der Waals surface area contributed by atoms with E-state index in [1.807, 2.05) is 19.9 Å². The van der Waals surface area contributed by atoms with Crippen molar-refractivity contribution >= 4 is 5.82 Å². The van der Waals surface area contributed by atoms with Gasteiger partial charge in [-0.25, -0.2) is 4.98 Å². The van der Waals surface area contributed by atoms with Gasteiger partial charge < -0.3 is 20.5 Å². The molecule has 0 amide bonds. The van der Waals surface area contributed by atoms with Gasteiger partial charge in [-0.1, -0.05) is 6.92 Å². The van der Waals surface area contributed by atoms with Crippen LogP contribution in [0.25, 0.3) is 0 Å². The van der Waals surface area contributed by atoms with E-state index in [0.29, 0.717) is 5.82 Å². The van der Waals surface area contributed by atoms with Gasteiger partial charge in [0.2, 0.25) is 0 Å². The molecule has 0 aliphatic heterocycles. The Bertz CT molecular complexity index is 354. The van der Waals surface area contributed by atoms with E-state index in [1.54, 1.807) is 20.4 Å². The highest BCUT2D eigenvalue weighted by Gasteiger charge is 2.24. The molecule has 1 aromatic heterocycles. The van der Waals surface area contributed by atoms with E-state index in [4.69, 9.17) is 15.2 Å². The van der Waals surface area contributed by atoms with Crippen LogP contribution in [0.1, 0.15) is 24.1 Å². The van der Waals surface area contributed by atoms with E-state index in [1.165, 1.54) is 0 Å². The highest BCUT2D eigenvalue weighted by Crippen LogP contribution is 2.24. The van der Waals surface area contributed by atoms with Gasteiger partial charge in [0, 0.05) is 26.0 Å². The molecule has 1 aromatic rings. The van der Waals surface area contributed by atoms with Gasteiger partial charge in [-0.3, -0.25) is 0 Å². The second-order valence-electron chi connectivity index (χ2n) is 3.86. The van der Waals surface area contributed by atoms with Crippen LogP contribution in [0, 0.1) is 6.92 Å². The number of nitrogens with zero attached hydrogens (tertiary/aromatic N) is 1. The maximum atomic E-state index is 5.91. The van der Waals surface area contributed by atoms with E-state index in [-0.39, 0.29) is 12.3 Å². The summed E-state index contributed by atoms with van der Waals surface area (Å²) in [6, 6.07) is 1.88. The Morgan fingerprint density at radius 2 is 2.06 bits per heavy atom. The molecular weight excluding hydrogens is 218 g/mol. The Morgan fingerprint density at radius 3 is 2.59 bits per heavy atom. The lowest BCUT2D eigenvalue weighted by molar-refractivity contribution is -0.123. The maximum Gasteiger partial charge on any atom is 0.176 e. The average Bonchev–Trinajstić information content (AvgIpc) is 2.33. The smallest absolute Gasteiger partial charge is 0.176 e. The van der Waals surface area contributed by atoms with Crippen molar-refractivity contribution in [3.05, 3.63) is 23.4 Å². The first-order valence-electron chi connectivity index (χ1n) is 5.65. The first-order chi connectivity index (χ1) is 8.13. The molecule has 96 valence electrons. The number of pyridine rings is 1. The summed E-state index contributed by atoms with van der Waals surface area (Å²) >= 11 is 0. The third kappa shape index (κ3) is 3.39. The second-order valence-corrected chi connectivity index (χ2v) is 3.86. The minimum atomic E-state index is -0.388. The fraction of sp³-hybridized carbons (Fsp3) is 0.583. The van der Waals surface area contributed by atoms with Gasteiger partial charge in [-0.05, 0) is 25.1 Å². The Kier molecular flexibility index (Phi) is 5.34. The molecule has 1 atom stereocenters. The number of hydrogen-bond acceptors (Lipinski definition) is 5. The van der Waals surface area contributed by atoms with Gasteiger partial charge in [0.05, 0.1) is 6.04 Å². The van der Waals surface area contributed by atoms with Crippen LogP contribution in [0.2, 0.25) is 0 Å². The Morgan fingerprint density at radius 1 is 1.41 bits per heavy atom. The molecule has 0 saturated heterocycles. The molecule has 1 rings (SSSR count). The number of aromatic nitrogens is 1. The molecule has 3 N–H and O–H groups in total. The number of nitrogens with one attached hydrogen (secondary N) is 1. The first kappa shape index (κ1) is 13.9. The van der Waals surface area contributed by atoms with Crippen molar-refractivity contribution in [1.29, 1.82) is 0 Å². The summed E-state index contributed by atoms with van der Waals surface area (Å²) in [5.41, 5.74) is 7.87. The van der Waals surface area contributed by atoms with Gasteiger partial charge in [0.15, 0.2) is 6.29 Å². The summed E-state index contributed by atoms with van der Waals surface area (Å²) < 4.78 is 10.6. The molecule has 1 unspecified atom stereocenters. The number of ether oxygens (including phenoxy) is 2. The van der Waals surface area contributed by atoms with Crippen LogP contribution in [0.15, 0.2) is 12.3 Å². The zero-order valence-electron chi connectivity index (χ0n) is 10.9. The summed E-state index contributed by atoms with van der Waals surface area (Å²) in [5.74, 6) is 0.501. The van der Waals surface area contributed by atoms with Crippen molar-refractivity contribution in [2.75, 3.05) is 26.5 Å². The Labute approximate surface area is 102 Å². The normalized spacial score (nSPS) is 13.0. The lowest BCUT2D eigenvalue weighted by Gasteiger charge is -2.26. The van der Waals surface area contributed by atoms with Crippen LogP contribution in [-0.4, -0.2) is 32.0 Å². The number of nitrogen functional groups attached to an aromatic ring is 1. The molecule has 0 fully saturated rings. The number of methoxy groups -OCH3 is 2. The van der Waals surface area contributed by atoms with Crippen LogP contribution in [0.3, 0.4) is 0 Å². The fourth-order valence-corrected chi connectivity index (χ4v) is 1.79. The largest absolute Gasteiger partial charge is 0.383 e. The number of hydrogen-bond donors (Lipinski definition) is 2. The third-order valence-corrected chi connectivity index (χ3v) is 2.58. The first-order valence-corrected chi connectivity index (χ1v) is 5.65. The molecule has 0 aliphatic carbocycles. The van der Waals surface area contributed by atoms with Crippen molar-refractivity contribution in [3.63, 3.8) is 0 Å². The summed E-state index contributed by atoms with van der Waals surface area (Å²) in [6.45, 7) is 4.80. The minimum absolute atomic E-state index is 0.123. The van der Waals surface area contributed by atoms with Gasteiger partial charge in [-0.2, -0.15) is 0 Å². The second kappa shape index (κ2) is 6.54. The summed E-state index contributed by atoms with van der Waals surface area (Å²) in [4.78, 5) is 4.16.